The number of nitrogens with two attached hydrogens (primary N) is 1. The van der Waals surface area contributed by atoms with Crippen molar-refractivity contribution in [1.29, 1.82) is 0 Å². The molecule has 2 atom stereocenters. The maximum Gasteiger partial charge on any atom is 0.273 e. The van der Waals surface area contributed by atoms with Crippen molar-refractivity contribution in [2.75, 3.05) is 6.61 Å². The van der Waals surface area contributed by atoms with Crippen molar-refractivity contribution in [3.05, 3.63) is 5.82 Å². The van der Waals surface area contributed by atoms with Crippen molar-refractivity contribution in [2.24, 2.45) is 11.1 Å². The number of hydrogen-bond acceptors (Lipinski definition) is 5. The van der Waals surface area contributed by atoms with Crippen molar-refractivity contribution < 1.29 is 13.2 Å². The van der Waals surface area contributed by atoms with Gasteiger partial charge in [-0.1, -0.05) is 6.92 Å². The van der Waals surface area contributed by atoms with Gasteiger partial charge in [0.05, 0.1) is 0 Å². The summed E-state index contributed by atoms with van der Waals surface area (Å²) in [6, 6.07) is 0. The lowest BCUT2D eigenvalue weighted by Crippen LogP contribution is -2.31. The van der Waals surface area contributed by atoms with Crippen molar-refractivity contribution >= 4 is 10.0 Å². The van der Waals surface area contributed by atoms with Crippen LogP contribution in [-0.4, -0.2) is 29.8 Å². The minimum atomic E-state index is -3.91. The first-order chi connectivity index (χ1) is 8.62. The molecule has 1 aromatic heterocycles. The number of aromatic nitrogens is 3. The summed E-state index contributed by atoms with van der Waals surface area (Å²) in [4.78, 5) is 0. The number of primary sulfonamides is 1. The van der Waals surface area contributed by atoms with Crippen LogP contribution in [0.25, 0.3) is 0 Å². The predicted octanol–water partition coefficient (Wildman–Crippen LogP) is 0.778. The molecule has 8 heteroatoms. The van der Waals surface area contributed by atoms with Gasteiger partial charge in [-0.15, -0.1) is 10.2 Å². The van der Waals surface area contributed by atoms with E-state index in [1.807, 2.05) is 20.8 Å². The molecule has 19 heavy (non-hydrogen) atoms. The summed E-state index contributed by atoms with van der Waals surface area (Å²) < 4.78 is 30.5. The highest BCUT2D eigenvalue weighted by Gasteiger charge is 2.36. The van der Waals surface area contributed by atoms with Gasteiger partial charge in [-0.3, -0.25) is 4.57 Å². The predicted molar refractivity (Wildman–Crippen MR) is 68.9 cm³/mol. The maximum atomic E-state index is 11.6. The number of ether oxygens (including phenoxy) is 1. The third kappa shape index (κ3) is 2.65. The highest BCUT2D eigenvalue weighted by Crippen LogP contribution is 2.35. The Morgan fingerprint density at radius 1 is 1.37 bits per heavy atom. The normalized spacial score (nSPS) is 24.9. The van der Waals surface area contributed by atoms with Gasteiger partial charge in [0.15, 0.2) is 5.82 Å². The van der Waals surface area contributed by atoms with E-state index in [4.69, 9.17) is 9.88 Å². The van der Waals surface area contributed by atoms with Crippen LogP contribution in [0.5, 0.6) is 0 Å². The molecule has 2 N–H and O–H groups in total. The average Bonchev–Trinajstić information content (AvgIpc) is 2.79. The molecule has 2 unspecified atom stereocenters. The van der Waals surface area contributed by atoms with E-state index < -0.39 is 15.6 Å². The van der Waals surface area contributed by atoms with Crippen LogP contribution in [0.1, 0.15) is 46.0 Å². The highest BCUT2D eigenvalue weighted by molar-refractivity contribution is 7.89. The largest absolute Gasteiger partial charge is 0.370 e. The van der Waals surface area contributed by atoms with Crippen molar-refractivity contribution in [3.8, 4) is 0 Å². The highest BCUT2D eigenvalue weighted by atomic mass is 32.2. The van der Waals surface area contributed by atoms with Crippen molar-refractivity contribution in [1.82, 2.24) is 14.8 Å². The minimum absolute atomic E-state index is 0.210. The molecule has 7 nitrogen and oxygen atoms in total. The summed E-state index contributed by atoms with van der Waals surface area (Å²) in [5.74, 6) is 0.806. The second-order valence-electron chi connectivity index (χ2n) is 5.95. The zero-order valence-corrected chi connectivity index (χ0v) is 12.4. The van der Waals surface area contributed by atoms with Gasteiger partial charge in [0.1, 0.15) is 6.10 Å². The number of nitrogens with zero attached hydrogens (tertiary/aromatic N) is 3. The van der Waals surface area contributed by atoms with E-state index in [-0.39, 0.29) is 17.2 Å². The van der Waals surface area contributed by atoms with Gasteiger partial charge in [0.25, 0.3) is 15.2 Å². The fraction of sp³-hybridized carbons (Fsp3) is 0.818. The number of sulfonamides is 1. The molecule has 0 amide bonds. The molecule has 1 fully saturated rings. The SMILES string of the molecule is CC1CCOC1c1nnc(S(N)(=O)=O)n1C(C)(C)C. The summed E-state index contributed by atoms with van der Waals surface area (Å²) in [7, 11) is -3.91. The summed E-state index contributed by atoms with van der Waals surface area (Å²) >= 11 is 0. The van der Waals surface area contributed by atoms with Gasteiger partial charge in [-0.05, 0) is 33.1 Å². The molecular weight excluding hydrogens is 268 g/mol. The Morgan fingerprint density at radius 3 is 2.42 bits per heavy atom. The third-order valence-corrected chi connectivity index (χ3v) is 4.00. The zero-order chi connectivity index (χ0) is 14.4. The van der Waals surface area contributed by atoms with Gasteiger partial charge in [0, 0.05) is 12.1 Å². The van der Waals surface area contributed by atoms with E-state index in [0.717, 1.165) is 6.42 Å². The molecule has 108 valence electrons. The Kier molecular flexibility index (Phi) is 3.44. The average molecular weight is 288 g/mol. The zero-order valence-electron chi connectivity index (χ0n) is 11.6. The fourth-order valence-electron chi connectivity index (χ4n) is 2.31. The Balaban J connectivity index is 2.60. The standard InChI is InChI=1S/C11H20N4O3S/c1-7-5-6-18-8(7)9-13-14-10(19(12,16)17)15(9)11(2,3)4/h7-8H,5-6H2,1-4H3,(H2,12,16,17). The van der Waals surface area contributed by atoms with Crippen LogP contribution in [0.15, 0.2) is 5.16 Å². The summed E-state index contributed by atoms with van der Waals surface area (Å²) in [6.45, 7) is 8.35. The first-order valence-corrected chi connectivity index (χ1v) is 7.77. The van der Waals surface area contributed by atoms with Gasteiger partial charge in [-0.25, -0.2) is 13.6 Å². The molecule has 0 radical (unpaired) electrons. The lowest BCUT2D eigenvalue weighted by Gasteiger charge is -2.26. The Hall–Kier alpha value is -0.990. The van der Waals surface area contributed by atoms with Crippen LogP contribution < -0.4 is 5.14 Å². The smallest absolute Gasteiger partial charge is 0.273 e. The van der Waals surface area contributed by atoms with Crippen LogP contribution in [0.4, 0.5) is 0 Å². The maximum absolute atomic E-state index is 11.6. The molecule has 1 aromatic rings. The lowest BCUT2D eigenvalue weighted by atomic mass is 10.0. The third-order valence-electron chi connectivity index (χ3n) is 3.23. The van der Waals surface area contributed by atoms with Crippen LogP contribution >= 0.6 is 0 Å². The lowest BCUT2D eigenvalue weighted by molar-refractivity contribution is 0.0792. The second kappa shape index (κ2) is 4.53. The van der Waals surface area contributed by atoms with Crippen LogP contribution in [0.2, 0.25) is 0 Å². The van der Waals surface area contributed by atoms with E-state index in [9.17, 15) is 8.42 Å². The molecule has 2 heterocycles. The molecule has 0 bridgehead atoms. The van der Waals surface area contributed by atoms with E-state index in [1.165, 1.54) is 0 Å². The van der Waals surface area contributed by atoms with Crippen molar-refractivity contribution in [2.45, 2.75) is 50.9 Å². The van der Waals surface area contributed by atoms with Gasteiger partial charge in [0.2, 0.25) is 0 Å². The van der Waals surface area contributed by atoms with E-state index >= 15 is 0 Å². The number of rotatable bonds is 2. The topological polar surface area (TPSA) is 100 Å². The molecule has 2 rings (SSSR count). The second-order valence-corrected chi connectivity index (χ2v) is 7.40. The Labute approximate surface area is 113 Å². The fourth-order valence-corrected chi connectivity index (χ4v) is 3.08. The van der Waals surface area contributed by atoms with Crippen LogP contribution in [0.3, 0.4) is 0 Å². The first-order valence-electron chi connectivity index (χ1n) is 6.22. The molecule has 0 saturated carbocycles. The molecule has 0 aliphatic carbocycles. The van der Waals surface area contributed by atoms with E-state index in [2.05, 4.69) is 17.1 Å². The number of hydrogen-bond donors (Lipinski definition) is 1. The van der Waals surface area contributed by atoms with Gasteiger partial charge >= 0.3 is 0 Å². The molecule has 1 aliphatic heterocycles. The Morgan fingerprint density at radius 2 is 2.00 bits per heavy atom. The molecule has 0 spiro atoms. The summed E-state index contributed by atoms with van der Waals surface area (Å²) in [6.07, 6.45) is 0.689. The minimum Gasteiger partial charge on any atom is -0.370 e. The molecule has 1 saturated heterocycles. The first kappa shape index (κ1) is 14.4. The van der Waals surface area contributed by atoms with Crippen LogP contribution in [0, 0.1) is 5.92 Å². The van der Waals surface area contributed by atoms with Gasteiger partial charge in [-0.2, -0.15) is 0 Å². The molecular formula is C11H20N4O3S. The van der Waals surface area contributed by atoms with Crippen LogP contribution in [-0.2, 0) is 20.3 Å². The van der Waals surface area contributed by atoms with E-state index in [0.29, 0.717) is 12.4 Å². The van der Waals surface area contributed by atoms with Crippen molar-refractivity contribution in [3.63, 3.8) is 0 Å². The van der Waals surface area contributed by atoms with E-state index in [1.54, 1.807) is 4.57 Å². The quantitative estimate of drug-likeness (QED) is 0.866. The Bertz CT molecular complexity index is 573. The monoisotopic (exact) mass is 288 g/mol. The molecule has 0 aromatic carbocycles. The summed E-state index contributed by atoms with van der Waals surface area (Å²) in [5, 5.41) is 12.8. The van der Waals surface area contributed by atoms with Gasteiger partial charge < -0.3 is 4.74 Å². The molecule has 1 aliphatic rings. The summed E-state index contributed by atoms with van der Waals surface area (Å²) in [5.41, 5.74) is -0.494.